The number of benzene rings is 1. The fourth-order valence-corrected chi connectivity index (χ4v) is 2.46. The molecule has 1 unspecified atom stereocenters. The van der Waals surface area contributed by atoms with E-state index in [-0.39, 0.29) is 0 Å². The molecule has 1 aliphatic heterocycles. The second kappa shape index (κ2) is 6.80. The lowest BCUT2D eigenvalue weighted by molar-refractivity contribution is 0.0246. The summed E-state index contributed by atoms with van der Waals surface area (Å²) in [5.41, 5.74) is 0.0356. The molecule has 1 heterocycles. The second-order valence-electron chi connectivity index (χ2n) is 6.67. The van der Waals surface area contributed by atoms with Crippen LogP contribution in [0.2, 0.25) is 0 Å². The molecule has 0 aromatic heterocycles. The van der Waals surface area contributed by atoms with Crippen LogP contribution in [0.1, 0.15) is 32.8 Å². The van der Waals surface area contributed by atoms with E-state index in [0.717, 1.165) is 5.56 Å². The lowest BCUT2D eigenvalue weighted by Gasteiger charge is -2.34. The van der Waals surface area contributed by atoms with Gasteiger partial charge in [-0.1, -0.05) is 42.7 Å². The fraction of sp³-hybridized carbons (Fsp3) is 0.286. The van der Waals surface area contributed by atoms with Gasteiger partial charge < -0.3 is 4.74 Å². The van der Waals surface area contributed by atoms with Crippen LogP contribution in [0.15, 0.2) is 67.4 Å². The Labute approximate surface area is 144 Å². The Bertz CT molecular complexity index is 729. The molecule has 0 radical (unpaired) electrons. The highest BCUT2D eigenvalue weighted by atomic mass is 16.6. The Morgan fingerprint density at radius 3 is 2.58 bits per heavy atom. The molecule has 1 atom stereocenters. The first-order valence-corrected chi connectivity index (χ1v) is 7.88. The molecular weight excluding hydrogens is 298 g/mol. The number of ether oxygens (including phenoxy) is 1. The molecule has 1 aromatic rings. The maximum Gasteiger partial charge on any atom is 0.416 e. The lowest BCUT2D eigenvalue weighted by Crippen LogP contribution is -2.47. The van der Waals surface area contributed by atoms with Crippen molar-refractivity contribution in [2.75, 3.05) is 0 Å². The maximum atomic E-state index is 12.7. The van der Waals surface area contributed by atoms with Gasteiger partial charge in [0.25, 0.3) is 0 Å². The van der Waals surface area contributed by atoms with Gasteiger partial charge in [-0.2, -0.15) is 0 Å². The fourth-order valence-electron chi connectivity index (χ4n) is 2.46. The largest absolute Gasteiger partial charge is 0.443 e. The zero-order valence-electron chi connectivity index (χ0n) is 14.5. The number of allylic oxidation sites excluding steroid dienone is 1. The van der Waals surface area contributed by atoms with E-state index >= 15 is 0 Å². The van der Waals surface area contributed by atoms with Crippen LogP contribution in [-0.4, -0.2) is 22.1 Å². The summed E-state index contributed by atoms with van der Waals surface area (Å²) >= 11 is 0. The molecule has 1 aliphatic rings. The van der Waals surface area contributed by atoms with Gasteiger partial charge in [-0.25, -0.2) is 4.79 Å². The van der Waals surface area contributed by atoms with E-state index < -0.39 is 17.2 Å². The lowest BCUT2D eigenvalue weighted by atomic mass is 9.95. The van der Waals surface area contributed by atoms with Crippen molar-refractivity contribution >= 4 is 6.09 Å². The van der Waals surface area contributed by atoms with Crippen molar-refractivity contribution in [3.63, 3.8) is 0 Å². The normalized spacial score (nSPS) is 19.6. The summed E-state index contributed by atoms with van der Waals surface area (Å²) in [5, 5.41) is 0. The van der Waals surface area contributed by atoms with Gasteiger partial charge in [0, 0.05) is 17.7 Å². The van der Waals surface area contributed by atoms with Crippen molar-refractivity contribution in [3.05, 3.63) is 73.0 Å². The minimum Gasteiger partial charge on any atom is -0.443 e. The number of rotatable bonds is 2. The number of carbonyl (C=O) groups is 1. The molecule has 124 valence electrons. The molecule has 0 aliphatic carbocycles. The molecule has 0 spiro atoms. The van der Waals surface area contributed by atoms with E-state index in [9.17, 15) is 4.79 Å². The summed E-state index contributed by atoms with van der Waals surface area (Å²) in [5.74, 6) is 6.36. The molecule has 0 N–H and O–H groups in total. The third-order valence-electron chi connectivity index (χ3n) is 3.47. The van der Waals surface area contributed by atoms with E-state index in [2.05, 4.69) is 25.0 Å². The summed E-state index contributed by atoms with van der Waals surface area (Å²) < 4.78 is 5.53. The molecule has 24 heavy (non-hydrogen) atoms. The van der Waals surface area contributed by atoms with Crippen molar-refractivity contribution < 1.29 is 9.53 Å². The number of nitrogens with zero attached hydrogens (tertiary/aromatic N) is 1. The summed E-state index contributed by atoms with van der Waals surface area (Å²) in [6.45, 7) is 13.3. The minimum absolute atomic E-state index is 0.457. The van der Waals surface area contributed by atoms with Gasteiger partial charge in [0.15, 0.2) is 0 Å². The highest BCUT2D eigenvalue weighted by molar-refractivity contribution is 5.75. The summed E-state index contributed by atoms with van der Waals surface area (Å²) in [6.07, 6.45) is 5.47. The van der Waals surface area contributed by atoms with Crippen LogP contribution >= 0.6 is 0 Å². The van der Waals surface area contributed by atoms with Crippen molar-refractivity contribution in [1.29, 1.82) is 0 Å². The SMILES string of the molecule is C=CCC1(C#Cc2ccccc2)C=CC(=C)N1C(=O)OC(C)(C)C. The van der Waals surface area contributed by atoms with E-state index in [4.69, 9.17) is 4.74 Å². The molecule has 0 fully saturated rings. The Hall–Kier alpha value is -2.73. The standard InChI is InChI=1S/C21H23NO2/c1-6-14-21(16-13-18-10-8-7-9-11-18)15-12-17(2)22(21)19(23)24-20(3,4)5/h6-12,15H,1-2,14H2,3-5H3. The number of carbonyl (C=O) groups excluding carboxylic acids is 1. The number of hydrogen-bond donors (Lipinski definition) is 0. The Morgan fingerprint density at radius 2 is 2.00 bits per heavy atom. The van der Waals surface area contributed by atoms with Crippen LogP contribution in [0, 0.1) is 11.8 Å². The maximum absolute atomic E-state index is 12.7. The molecule has 1 amide bonds. The van der Waals surface area contributed by atoms with Gasteiger partial charge in [-0.15, -0.1) is 6.58 Å². The van der Waals surface area contributed by atoms with Gasteiger partial charge in [0.2, 0.25) is 0 Å². The van der Waals surface area contributed by atoms with E-state index in [0.29, 0.717) is 12.1 Å². The zero-order valence-corrected chi connectivity index (χ0v) is 14.5. The zero-order chi connectivity index (χ0) is 17.8. The molecular formula is C21H23NO2. The minimum atomic E-state index is -0.822. The average Bonchev–Trinajstić information content (AvgIpc) is 2.82. The number of amides is 1. The van der Waals surface area contributed by atoms with Crippen molar-refractivity contribution in [3.8, 4) is 11.8 Å². The molecule has 0 saturated heterocycles. The third kappa shape index (κ3) is 3.97. The number of hydrogen-bond acceptors (Lipinski definition) is 2. The molecule has 1 aromatic carbocycles. The Kier molecular flexibility index (Phi) is 4.99. The molecule has 3 heteroatoms. The smallest absolute Gasteiger partial charge is 0.416 e. The van der Waals surface area contributed by atoms with Crippen LogP contribution in [-0.2, 0) is 4.74 Å². The predicted molar refractivity (Wildman–Crippen MR) is 97.2 cm³/mol. The highest BCUT2D eigenvalue weighted by Gasteiger charge is 2.42. The van der Waals surface area contributed by atoms with Crippen molar-refractivity contribution in [1.82, 2.24) is 4.90 Å². The molecule has 2 rings (SSSR count). The molecule has 0 bridgehead atoms. The van der Waals surface area contributed by atoms with Gasteiger partial charge in [0.1, 0.15) is 11.1 Å². The predicted octanol–water partition coefficient (Wildman–Crippen LogP) is 4.67. The summed E-state index contributed by atoms with van der Waals surface area (Å²) in [6, 6.07) is 9.66. The van der Waals surface area contributed by atoms with Gasteiger partial charge in [-0.05, 0) is 45.1 Å². The van der Waals surface area contributed by atoms with Crippen LogP contribution in [0.5, 0.6) is 0 Å². The molecule has 0 saturated carbocycles. The average molecular weight is 321 g/mol. The first-order chi connectivity index (χ1) is 11.3. The third-order valence-corrected chi connectivity index (χ3v) is 3.47. The van der Waals surface area contributed by atoms with Gasteiger partial charge >= 0.3 is 6.09 Å². The summed E-state index contributed by atoms with van der Waals surface area (Å²) in [4.78, 5) is 14.2. The van der Waals surface area contributed by atoms with Crippen molar-refractivity contribution in [2.24, 2.45) is 0 Å². The first-order valence-electron chi connectivity index (χ1n) is 7.88. The van der Waals surface area contributed by atoms with Gasteiger partial charge in [-0.3, -0.25) is 4.90 Å². The topological polar surface area (TPSA) is 29.5 Å². The van der Waals surface area contributed by atoms with Gasteiger partial charge in [0.05, 0.1) is 0 Å². The monoisotopic (exact) mass is 321 g/mol. The van der Waals surface area contributed by atoms with Crippen molar-refractivity contribution in [2.45, 2.75) is 38.3 Å². The van der Waals surface area contributed by atoms with E-state index in [1.54, 1.807) is 12.2 Å². The molecule has 3 nitrogen and oxygen atoms in total. The first kappa shape index (κ1) is 17.6. The quantitative estimate of drug-likeness (QED) is 0.585. The Balaban J connectivity index is 2.40. The van der Waals surface area contributed by atoms with Crippen LogP contribution < -0.4 is 0 Å². The van der Waals surface area contributed by atoms with E-state index in [1.165, 1.54) is 4.90 Å². The Morgan fingerprint density at radius 1 is 1.33 bits per heavy atom. The highest BCUT2D eigenvalue weighted by Crippen LogP contribution is 2.34. The summed E-state index contributed by atoms with van der Waals surface area (Å²) in [7, 11) is 0. The van der Waals surface area contributed by atoms with Crippen LogP contribution in [0.3, 0.4) is 0 Å². The van der Waals surface area contributed by atoms with Crippen LogP contribution in [0.25, 0.3) is 0 Å². The second-order valence-corrected chi connectivity index (χ2v) is 6.67. The van der Waals surface area contributed by atoms with Crippen LogP contribution in [0.4, 0.5) is 4.79 Å². The van der Waals surface area contributed by atoms with E-state index in [1.807, 2.05) is 57.2 Å².